The van der Waals surface area contributed by atoms with Gasteiger partial charge in [-0.1, -0.05) is 23.8 Å². The van der Waals surface area contributed by atoms with E-state index in [1.807, 2.05) is 37.3 Å². The molecule has 0 aliphatic rings. The second-order valence-corrected chi connectivity index (χ2v) is 7.24. The Kier molecular flexibility index (Phi) is 6.45. The van der Waals surface area contributed by atoms with E-state index in [-0.39, 0.29) is 23.4 Å². The van der Waals surface area contributed by atoms with Crippen molar-refractivity contribution in [3.63, 3.8) is 0 Å². The topological polar surface area (TPSA) is 58.2 Å². The predicted octanol–water partition coefficient (Wildman–Crippen LogP) is 5.12. The monoisotopic (exact) mass is 394 g/mol. The first kappa shape index (κ1) is 19.6. The van der Waals surface area contributed by atoms with Crippen molar-refractivity contribution in [1.29, 1.82) is 0 Å². The minimum absolute atomic E-state index is 0.102. The molecule has 6 heteroatoms. The van der Waals surface area contributed by atoms with E-state index in [9.17, 15) is 14.0 Å². The Morgan fingerprint density at radius 2 is 1.61 bits per heavy atom. The molecule has 0 bridgehead atoms. The highest BCUT2D eigenvalue weighted by Crippen LogP contribution is 2.22. The molecule has 4 nitrogen and oxygen atoms in total. The zero-order valence-corrected chi connectivity index (χ0v) is 16.1. The first-order chi connectivity index (χ1) is 13.5. The average molecular weight is 394 g/mol. The number of hydrogen-bond acceptors (Lipinski definition) is 3. The van der Waals surface area contributed by atoms with Gasteiger partial charge >= 0.3 is 0 Å². The van der Waals surface area contributed by atoms with Gasteiger partial charge in [-0.2, -0.15) is 0 Å². The van der Waals surface area contributed by atoms with Gasteiger partial charge in [0.1, 0.15) is 5.82 Å². The molecule has 2 N–H and O–H groups in total. The van der Waals surface area contributed by atoms with E-state index in [4.69, 9.17) is 0 Å². The number of benzene rings is 3. The molecule has 0 saturated carbocycles. The highest BCUT2D eigenvalue weighted by molar-refractivity contribution is 8.00. The normalized spacial score (nSPS) is 10.4. The summed E-state index contributed by atoms with van der Waals surface area (Å²) in [6, 6.07) is 20.2. The standard InChI is InChI=1S/C22H19FN2O2S/c1-15-5-11-18(12-6-15)24-21(26)14-28-20-4-2-3-19(13-20)25-22(27)16-7-9-17(23)10-8-16/h2-13H,14H2,1H3,(H,24,26)(H,25,27). The Morgan fingerprint density at radius 3 is 2.32 bits per heavy atom. The fourth-order valence-electron chi connectivity index (χ4n) is 2.45. The molecule has 0 aliphatic carbocycles. The van der Waals surface area contributed by atoms with E-state index in [2.05, 4.69) is 10.6 Å². The van der Waals surface area contributed by atoms with Crippen LogP contribution in [-0.2, 0) is 4.79 Å². The van der Waals surface area contributed by atoms with Crippen LogP contribution in [0, 0.1) is 12.7 Å². The molecular formula is C22H19FN2O2S. The summed E-state index contributed by atoms with van der Waals surface area (Å²) in [4.78, 5) is 25.2. The second-order valence-electron chi connectivity index (χ2n) is 6.19. The van der Waals surface area contributed by atoms with Crippen molar-refractivity contribution < 1.29 is 14.0 Å². The number of hydrogen-bond donors (Lipinski definition) is 2. The maximum Gasteiger partial charge on any atom is 0.255 e. The molecule has 142 valence electrons. The van der Waals surface area contributed by atoms with Gasteiger partial charge in [-0.25, -0.2) is 4.39 Å². The van der Waals surface area contributed by atoms with Gasteiger partial charge in [-0.15, -0.1) is 11.8 Å². The van der Waals surface area contributed by atoms with Crippen molar-refractivity contribution in [2.45, 2.75) is 11.8 Å². The van der Waals surface area contributed by atoms with Crippen LogP contribution in [0.4, 0.5) is 15.8 Å². The molecule has 28 heavy (non-hydrogen) atoms. The van der Waals surface area contributed by atoms with Crippen molar-refractivity contribution in [2.24, 2.45) is 0 Å². The Hall–Kier alpha value is -3.12. The molecule has 0 atom stereocenters. The molecule has 3 aromatic carbocycles. The van der Waals surface area contributed by atoms with E-state index in [0.717, 1.165) is 16.1 Å². The van der Waals surface area contributed by atoms with Crippen LogP contribution >= 0.6 is 11.8 Å². The molecule has 2 amide bonds. The van der Waals surface area contributed by atoms with Crippen LogP contribution < -0.4 is 10.6 Å². The quantitative estimate of drug-likeness (QED) is 0.571. The van der Waals surface area contributed by atoms with Gasteiger partial charge < -0.3 is 10.6 Å². The Bertz CT molecular complexity index is 973. The molecule has 0 fully saturated rings. The summed E-state index contributed by atoms with van der Waals surface area (Å²) < 4.78 is 13.0. The van der Waals surface area contributed by atoms with Crippen molar-refractivity contribution in [1.82, 2.24) is 0 Å². The molecule has 3 rings (SSSR count). The second kappa shape index (κ2) is 9.19. The smallest absolute Gasteiger partial charge is 0.255 e. The highest BCUT2D eigenvalue weighted by Gasteiger charge is 2.08. The Labute approximate surface area is 167 Å². The summed E-state index contributed by atoms with van der Waals surface area (Å²) in [5.41, 5.74) is 2.87. The molecule has 0 heterocycles. The number of rotatable bonds is 6. The summed E-state index contributed by atoms with van der Waals surface area (Å²) in [5, 5.41) is 5.63. The minimum Gasteiger partial charge on any atom is -0.325 e. The first-order valence-corrected chi connectivity index (χ1v) is 9.64. The van der Waals surface area contributed by atoms with Crippen molar-refractivity contribution in [3.05, 3.63) is 89.7 Å². The summed E-state index contributed by atoms with van der Waals surface area (Å²) in [6.45, 7) is 1.99. The number of thioether (sulfide) groups is 1. The fourth-order valence-corrected chi connectivity index (χ4v) is 3.21. The largest absolute Gasteiger partial charge is 0.325 e. The van der Waals surface area contributed by atoms with Crippen LogP contribution in [0.3, 0.4) is 0 Å². The van der Waals surface area contributed by atoms with E-state index < -0.39 is 0 Å². The lowest BCUT2D eigenvalue weighted by Crippen LogP contribution is -2.14. The van der Waals surface area contributed by atoms with E-state index in [1.54, 1.807) is 18.2 Å². The summed E-state index contributed by atoms with van der Waals surface area (Å²) in [7, 11) is 0. The zero-order valence-electron chi connectivity index (χ0n) is 15.2. The third-order valence-electron chi connectivity index (χ3n) is 3.90. The molecule has 3 aromatic rings. The maximum atomic E-state index is 13.0. The summed E-state index contributed by atoms with van der Waals surface area (Å²) in [6.07, 6.45) is 0. The summed E-state index contributed by atoms with van der Waals surface area (Å²) >= 11 is 1.38. The van der Waals surface area contributed by atoms with Crippen LogP contribution in [0.15, 0.2) is 77.7 Å². The third-order valence-corrected chi connectivity index (χ3v) is 4.90. The molecule has 0 aliphatic heterocycles. The summed E-state index contributed by atoms with van der Waals surface area (Å²) in [5.74, 6) is -0.559. The van der Waals surface area contributed by atoms with Gasteiger partial charge in [0, 0.05) is 21.8 Å². The third kappa shape index (κ3) is 5.69. The van der Waals surface area contributed by atoms with Crippen LogP contribution in [0.1, 0.15) is 15.9 Å². The number of carbonyl (C=O) groups excluding carboxylic acids is 2. The van der Waals surface area contributed by atoms with Gasteiger partial charge in [-0.3, -0.25) is 9.59 Å². The number of halogens is 1. The van der Waals surface area contributed by atoms with Crippen LogP contribution in [-0.4, -0.2) is 17.6 Å². The van der Waals surface area contributed by atoms with Gasteiger partial charge in [0.05, 0.1) is 5.75 Å². The van der Waals surface area contributed by atoms with Gasteiger partial charge in [0.25, 0.3) is 5.91 Å². The van der Waals surface area contributed by atoms with Crippen molar-refractivity contribution in [2.75, 3.05) is 16.4 Å². The maximum absolute atomic E-state index is 13.0. The average Bonchev–Trinajstić information content (AvgIpc) is 2.69. The Morgan fingerprint density at radius 1 is 0.893 bits per heavy atom. The van der Waals surface area contributed by atoms with Gasteiger partial charge in [0.2, 0.25) is 5.91 Å². The van der Waals surface area contributed by atoms with E-state index in [0.29, 0.717) is 11.3 Å². The molecule has 0 saturated heterocycles. The van der Waals surface area contributed by atoms with Crippen LogP contribution in [0.2, 0.25) is 0 Å². The number of nitrogens with one attached hydrogen (secondary N) is 2. The molecule has 0 aromatic heterocycles. The lowest BCUT2D eigenvalue weighted by Gasteiger charge is -2.08. The lowest BCUT2D eigenvalue weighted by atomic mass is 10.2. The highest BCUT2D eigenvalue weighted by atomic mass is 32.2. The van der Waals surface area contributed by atoms with E-state index >= 15 is 0 Å². The van der Waals surface area contributed by atoms with Crippen LogP contribution in [0.5, 0.6) is 0 Å². The van der Waals surface area contributed by atoms with Crippen LogP contribution in [0.25, 0.3) is 0 Å². The fraction of sp³-hybridized carbons (Fsp3) is 0.0909. The Balaban J connectivity index is 1.55. The number of carbonyl (C=O) groups is 2. The molecule has 0 spiro atoms. The van der Waals surface area contributed by atoms with E-state index in [1.165, 1.54) is 36.0 Å². The van der Waals surface area contributed by atoms with Gasteiger partial charge in [-0.05, 0) is 61.5 Å². The predicted molar refractivity (Wildman–Crippen MR) is 111 cm³/mol. The first-order valence-electron chi connectivity index (χ1n) is 8.66. The number of aryl methyl sites for hydroxylation is 1. The molecule has 0 radical (unpaired) electrons. The number of anilines is 2. The van der Waals surface area contributed by atoms with Gasteiger partial charge in [0.15, 0.2) is 0 Å². The molecule has 0 unspecified atom stereocenters. The zero-order chi connectivity index (χ0) is 19.9. The molecular weight excluding hydrogens is 375 g/mol. The van der Waals surface area contributed by atoms with Crippen molar-refractivity contribution >= 4 is 35.0 Å². The minimum atomic E-state index is -0.390. The lowest BCUT2D eigenvalue weighted by molar-refractivity contribution is -0.113. The SMILES string of the molecule is Cc1ccc(NC(=O)CSc2cccc(NC(=O)c3ccc(F)cc3)c2)cc1. The van der Waals surface area contributed by atoms with Crippen molar-refractivity contribution in [3.8, 4) is 0 Å². The number of amides is 2.